The predicted octanol–water partition coefficient (Wildman–Crippen LogP) is 4.37. The maximum Gasteiger partial charge on any atom is 0.259 e. The number of fused-ring (bicyclic) bond motifs is 4. The highest BCUT2D eigenvalue weighted by atomic mass is 35.5. The van der Waals surface area contributed by atoms with Crippen molar-refractivity contribution in [3.05, 3.63) is 70.7 Å². The zero-order valence-corrected chi connectivity index (χ0v) is 18.9. The maximum atomic E-state index is 13.2. The normalized spacial score (nSPS) is 18.2. The molecule has 2 aliphatic rings. The molecule has 0 saturated carbocycles. The van der Waals surface area contributed by atoms with Crippen molar-refractivity contribution in [2.24, 2.45) is 11.7 Å². The number of hydrogen-bond acceptors (Lipinski definition) is 4. The lowest BCUT2D eigenvalue weighted by Crippen LogP contribution is -2.26. The number of aromatic nitrogens is 1. The van der Waals surface area contributed by atoms with Gasteiger partial charge in [0.05, 0.1) is 11.1 Å². The van der Waals surface area contributed by atoms with E-state index in [9.17, 15) is 9.59 Å². The number of hydrogen-bond donors (Lipinski definition) is 2. The van der Waals surface area contributed by atoms with Crippen LogP contribution in [0.5, 0.6) is 0 Å². The Balaban J connectivity index is 0.00000216. The van der Waals surface area contributed by atoms with Crippen LogP contribution in [0.15, 0.2) is 53.9 Å². The van der Waals surface area contributed by atoms with Gasteiger partial charge in [-0.1, -0.05) is 36.4 Å². The van der Waals surface area contributed by atoms with Gasteiger partial charge < -0.3 is 10.3 Å². The van der Waals surface area contributed by atoms with Gasteiger partial charge in [0.25, 0.3) is 11.8 Å². The molecule has 32 heavy (non-hydrogen) atoms. The quantitative estimate of drug-likeness (QED) is 0.443. The fourth-order valence-corrected chi connectivity index (χ4v) is 6.07. The first-order valence-electron chi connectivity index (χ1n) is 10.5. The molecule has 0 fully saturated rings. The van der Waals surface area contributed by atoms with Crippen LogP contribution in [0.25, 0.3) is 32.1 Å². The van der Waals surface area contributed by atoms with Crippen molar-refractivity contribution in [1.82, 2.24) is 9.88 Å². The molecule has 5 nitrogen and oxygen atoms in total. The molecule has 7 heteroatoms. The number of halogens is 1. The number of nitrogens with zero attached hydrogens (tertiary/aromatic N) is 1. The van der Waals surface area contributed by atoms with Crippen LogP contribution >= 0.6 is 23.7 Å². The monoisotopic (exact) mass is 463 g/mol. The van der Waals surface area contributed by atoms with Crippen molar-refractivity contribution in [2.45, 2.75) is 19.4 Å². The SMILES string of the molecule is Cl.NCC1CCn2c(c(C3=C(c4csc5ccccc45)C(=O)NC3=O)c3ccccc32)C1. The fraction of sp³-hybridized carbons (Fsp3) is 0.200. The molecule has 3 N–H and O–H groups in total. The molecular formula is C25H22ClN3O2S. The maximum absolute atomic E-state index is 13.2. The minimum atomic E-state index is -0.321. The third-order valence-corrected chi connectivity index (χ3v) is 7.55. The predicted molar refractivity (Wildman–Crippen MR) is 132 cm³/mol. The fourth-order valence-electron chi connectivity index (χ4n) is 5.11. The zero-order chi connectivity index (χ0) is 21.1. The van der Waals surface area contributed by atoms with Crippen LogP contribution in [-0.2, 0) is 22.6 Å². The van der Waals surface area contributed by atoms with Crippen LogP contribution in [0, 0.1) is 5.92 Å². The van der Waals surface area contributed by atoms with Crippen LogP contribution in [0.1, 0.15) is 23.2 Å². The number of nitrogens with two attached hydrogens (primary N) is 1. The largest absolute Gasteiger partial charge is 0.344 e. The second-order valence-electron chi connectivity index (χ2n) is 8.26. The van der Waals surface area contributed by atoms with Gasteiger partial charge in [0.15, 0.2) is 0 Å². The van der Waals surface area contributed by atoms with Crippen molar-refractivity contribution < 1.29 is 9.59 Å². The molecule has 0 bridgehead atoms. The molecule has 0 radical (unpaired) electrons. The lowest BCUT2D eigenvalue weighted by atomic mass is 9.89. The summed E-state index contributed by atoms with van der Waals surface area (Å²) in [6, 6.07) is 16.2. The molecule has 2 aromatic carbocycles. The van der Waals surface area contributed by atoms with E-state index in [1.807, 2.05) is 41.8 Å². The second kappa shape index (κ2) is 7.89. The minimum Gasteiger partial charge on any atom is -0.344 e. The number of nitrogens with one attached hydrogen (secondary N) is 1. The highest BCUT2D eigenvalue weighted by Gasteiger charge is 2.37. The lowest BCUT2D eigenvalue weighted by molar-refractivity contribution is -0.122. The molecule has 4 heterocycles. The number of thiophene rings is 1. The van der Waals surface area contributed by atoms with E-state index in [4.69, 9.17) is 5.73 Å². The van der Waals surface area contributed by atoms with Gasteiger partial charge in [0, 0.05) is 49.7 Å². The summed E-state index contributed by atoms with van der Waals surface area (Å²) < 4.78 is 3.41. The summed E-state index contributed by atoms with van der Waals surface area (Å²) in [5, 5.41) is 6.59. The highest BCUT2D eigenvalue weighted by Crippen LogP contribution is 2.43. The van der Waals surface area contributed by atoms with Crippen molar-refractivity contribution in [1.29, 1.82) is 0 Å². The molecule has 162 valence electrons. The number of carbonyl (C=O) groups is 2. The van der Waals surface area contributed by atoms with E-state index in [1.165, 1.54) is 0 Å². The average molecular weight is 464 g/mol. The Labute approximate surface area is 195 Å². The minimum absolute atomic E-state index is 0. The first-order valence-corrected chi connectivity index (χ1v) is 11.4. The van der Waals surface area contributed by atoms with Crippen molar-refractivity contribution in [3.63, 3.8) is 0 Å². The summed E-state index contributed by atoms with van der Waals surface area (Å²) in [6.07, 6.45) is 1.83. The van der Waals surface area contributed by atoms with Gasteiger partial charge in [0.1, 0.15) is 0 Å². The smallest absolute Gasteiger partial charge is 0.259 e. The molecular weight excluding hydrogens is 442 g/mol. The van der Waals surface area contributed by atoms with Gasteiger partial charge >= 0.3 is 0 Å². The van der Waals surface area contributed by atoms with E-state index in [2.05, 4.69) is 22.0 Å². The third kappa shape index (κ3) is 2.94. The summed E-state index contributed by atoms with van der Waals surface area (Å²) in [7, 11) is 0. The molecule has 6 rings (SSSR count). The third-order valence-electron chi connectivity index (χ3n) is 6.59. The zero-order valence-electron chi connectivity index (χ0n) is 17.3. The van der Waals surface area contributed by atoms with Gasteiger partial charge in [-0.05, 0) is 37.4 Å². The summed E-state index contributed by atoms with van der Waals surface area (Å²) in [5.41, 5.74) is 10.9. The lowest BCUT2D eigenvalue weighted by Gasteiger charge is -2.24. The molecule has 2 aliphatic heterocycles. The highest BCUT2D eigenvalue weighted by molar-refractivity contribution is 7.17. The Kier molecular flexibility index (Phi) is 5.16. The average Bonchev–Trinajstić information content (AvgIpc) is 3.44. The molecule has 4 aromatic rings. The summed E-state index contributed by atoms with van der Waals surface area (Å²) in [4.78, 5) is 26.2. The standard InChI is InChI=1S/C25H21N3O2S.ClH/c26-12-14-9-10-28-18-7-3-1-6-16(18)21(19(28)11-14)23-22(24(29)27-25(23)30)17-13-31-20-8-4-2-5-15(17)20;/h1-8,13-14H,9-12,26H2,(H,27,29,30);1H. The van der Waals surface area contributed by atoms with E-state index in [-0.39, 0.29) is 24.2 Å². The Hall–Kier alpha value is -2.93. The van der Waals surface area contributed by atoms with Crippen LogP contribution in [0.3, 0.4) is 0 Å². The number of para-hydroxylation sites is 1. The van der Waals surface area contributed by atoms with Crippen molar-refractivity contribution in [2.75, 3.05) is 6.54 Å². The Bertz CT molecular complexity index is 1430. The first kappa shape index (κ1) is 20.9. The topological polar surface area (TPSA) is 77.1 Å². The van der Waals surface area contributed by atoms with Gasteiger partial charge in [-0.3, -0.25) is 14.9 Å². The Morgan fingerprint density at radius 3 is 2.53 bits per heavy atom. The van der Waals surface area contributed by atoms with E-state index < -0.39 is 0 Å². The molecule has 1 unspecified atom stereocenters. The van der Waals surface area contributed by atoms with Gasteiger partial charge in [0.2, 0.25) is 0 Å². The Morgan fingerprint density at radius 2 is 1.72 bits per heavy atom. The number of carbonyl (C=O) groups excluding carboxylic acids is 2. The summed E-state index contributed by atoms with van der Waals surface area (Å²) in [5.74, 6) is -0.259. The van der Waals surface area contributed by atoms with Crippen LogP contribution in [0.2, 0.25) is 0 Å². The molecule has 1 atom stereocenters. The molecule has 0 saturated heterocycles. The Morgan fingerprint density at radius 1 is 1.00 bits per heavy atom. The van der Waals surface area contributed by atoms with Crippen molar-refractivity contribution in [3.8, 4) is 0 Å². The van der Waals surface area contributed by atoms with E-state index in [1.54, 1.807) is 11.3 Å². The number of amides is 2. The number of aryl methyl sites for hydroxylation is 1. The second-order valence-corrected chi connectivity index (χ2v) is 9.18. The van der Waals surface area contributed by atoms with Gasteiger partial charge in [-0.25, -0.2) is 0 Å². The van der Waals surface area contributed by atoms with Crippen LogP contribution in [0.4, 0.5) is 0 Å². The van der Waals surface area contributed by atoms with Crippen molar-refractivity contribution >= 4 is 67.7 Å². The first-order chi connectivity index (χ1) is 15.2. The van der Waals surface area contributed by atoms with E-state index in [0.717, 1.165) is 57.2 Å². The number of imide groups is 1. The van der Waals surface area contributed by atoms with E-state index >= 15 is 0 Å². The van der Waals surface area contributed by atoms with Gasteiger partial charge in [-0.2, -0.15) is 0 Å². The molecule has 2 aromatic heterocycles. The molecule has 0 aliphatic carbocycles. The molecule has 2 amide bonds. The van der Waals surface area contributed by atoms with E-state index in [0.29, 0.717) is 23.6 Å². The van der Waals surface area contributed by atoms with Crippen LogP contribution < -0.4 is 11.1 Å². The summed E-state index contributed by atoms with van der Waals surface area (Å²) >= 11 is 1.59. The number of benzene rings is 2. The number of rotatable bonds is 3. The van der Waals surface area contributed by atoms with Gasteiger partial charge in [-0.15, -0.1) is 23.7 Å². The molecule has 0 spiro atoms. The van der Waals surface area contributed by atoms with Crippen LogP contribution in [-0.4, -0.2) is 22.9 Å². The summed E-state index contributed by atoms with van der Waals surface area (Å²) in [6.45, 7) is 1.49.